The molecule has 2 aliphatic heterocycles. The van der Waals surface area contributed by atoms with Gasteiger partial charge in [0.15, 0.2) is 16.6 Å². The maximum absolute atomic E-state index is 12.5. The van der Waals surface area contributed by atoms with E-state index in [1.54, 1.807) is 14.0 Å². The average Bonchev–Trinajstić information content (AvgIpc) is 3.27. The lowest BCUT2D eigenvalue weighted by Crippen LogP contribution is -2.49. The minimum absolute atomic E-state index is 0.0122. The van der Waals surface area contributed by atoms with Crippen molar-refractivity contribution in [1.82, 2.24) is 0 Å². The summed E-state index contributed by atoms with van der Waals surface area (Å²) in [5.74, 6) is 0.605. The third-order valence-corrected chi connectivity index (χ3v) is 7.91. The first-order valence-electron chi connectivity index (χ1n) is 9.36. The van der Waals surface area contributed by atoms with Crippen molar-refractivity contribution in [3.05, 3.63) is 65.2 Å². The highest BCUT2D eigenvalue weighted by Gasteiger charge is 2.57. The van der Waals surface area contributed by atoms with Crippen LogP contribution < -0.4 is 14.6 Å². The number of hydrogen-bond acceptors (Lipinski definition) is 8. The molecular weight excluding hydrogens is 418 g/mol. The first-order chi connectivity index (χ1) is 14.4. The van der Waals surface area contributed by atoms with Gasteiger partial charge in [-0.2, -0.15) is 5.10 Å². The molecule has 2 aliphatic rings. The number of carbonyl (C=O) groups is 2. The largest absolute Gasteiger partial charge is 0.497 e. The van der Waals surface area contributed by atoms with Gasteiger partial charge in [-0.1, -0.05) is 30.0 Å². The summed E-state index contributed by atoms with van der Waals surface area (Å²) in [5, 5.41) is 6.90. The van der Waals surface area contributed by atoms with Gasteiger partial charge in [-0.25, -0.2) is 5.01 Å². The molecule has 0 amide bonds. The Balaban J connectivity index is 1.89. The fraction of sp³-hybridized carbons (Fsp3) is 0.227. The molecule has 154 valence electrons. The van der Waals surface area contributed by atoms with Crippen LogP contribution in [0.25, 0.3) is 0 Å². The Morgan fingerprint density at radius 3 is 2.17 bits per heavy atom. The molecule has 6 nitrogen and oxygen atoms in total. The molecule has 0 aliphatic carbocycles. The van der Waals surface area contributed by atoms with E-state index in [9.17, 15) is 9.59 Å². The summed E-state index contributed by atoms with van der Waals surface area (Å²) < 4.78 is 4.42. The van der Waals surface area contributed by atoms with Crippen LogP contribution in [-0.2, 0) is 9.59 Å². The molecule has 4 rings (SSSR count). The van der Waals surface area contributed by atoms with Crippen molar-refractivity contribution in [1.29, 1.82) is 0 Å². The molecule has 2 aromatic rings. The number of nitrogens with zero attached hydrogens (tertiary/aromatic N) is 3. The summed E-state index contributed by atoms with van der Waals surface area (Å²) in [4.78, 5) is 27.5. The van der Waals surface area contributed by atoms with Crippen LogP contribution in [0.4, 0.5) is 11.4 Å². The average molecular weight is 440 g/mol. The number of para-hydroxylation sites is 1. The summed E-state index contributed by atoms with van der Waals surface area (Å²) in [6.07, 6.45) is 0. The molecule has 0 bridgehead atoms. The normalized spacial score (nSPS) is 20.7. The second kappa shape index (κ2) is 7.85. The van der Waals surface area contributed by atoms with Crippen LogP contribution in [0.2, 0.25) is 0 Å². The predicted molar refractivity (Wildman–Crippen MR) is 124 cm³/mol. The number of allylic oxidation sites excluding steroid dienone is 2. The minimum atomic E-state index is -0.859. The van der Waals surface area contributed by atoms with Crippen LogP contribution in [0, 0.1) is 0 Å². The summed E-state index contributed by atoms with van der Waals surface area (Å²) in [7, 11) is 1.62. The molecular formula is C22H21N3O3S2. The monoisotopic (exact) mass is 439 g/mol. The zero-order chi connectivity index (χ0) is 21.5. The number of rotatable bonds is 5. The molecule has 0 N–H and O–H groups in total. The Hall–Kier alpha value is -2.71. The topological polar surface area (TPSA) is 62.2 Å². The van der Waals surface area contributed by atoms with Crippen molar-refractivity contribution in [2.45, 2.75) is 25.1 Å². The van der Waals surface area contributed by atoms with Gasteiger partial charge in [0.2, 0.25) is 4.33 Å². The van der Waals surface area contributed by atoms with E-state index >= 15 is 0 Å². The van der Waals surface area contributed by atoms with Gasteiger partial charge < -0.3 is 9.64 Å². The first kappa shape index (κ1) is 20.6. The smallest absolute Gasteiger partial charge is 0.245 e. The predicted octanol–water partition coefficient (Wildman–Crippen LogP) is 4.84. The number of hydrogen-bond donors (Lipinski definition) is 0. The highest BCUT2D eigenvalue weighted by molar-refractivity contribution is 8.29. The minimum Gasteiger partial charge on any atom is -0.497 e. The molecule has 0 aromatic heterocycles. The van der Waals surface area contributed by atoms with Crippen molar-refractivity contribution in [2.75, 3.05) is 17.0 Å². The summed E-state index contributed by atoms with van der Waals surface area (Å²) in [6.45, 7) is 5.01. The maximum atomic E-state index is 12.5. The van der Waals surface area contributed by atoms with Gasteiger partial charge in [0, 0.05) is 18.3 Å². The second-order valence-corrected chi connectivity index (χ2v) is 9.47. The number of Topliss-reactive ketones (excluding diaryl/α,β-unsaturated/α-hetero) is 2. The zero-order valence-corrected chi connectivity index (χ0v) is 18.7. The standard InChI is InChI=1S/C22H21N3O3S2/c1-14-20(15(2)26)29-22(24(14)17-8-6-5-7-9-17)25(23-21(30-22)16(3)27)18-10-12-19(28-4)13-11-18/h5-13H,1-4H3/t22-/m0/s1. The van der Waals surface area contributed by atoms with Gasteiger partial charge in [0.1, 0.15) is 5.75 Å². The summed E-state index contributed by atoms with van der Waals surface area (Å²) in [6, 6.07) is 17.4. The summed E-state index contributed by atoms with van der Waals surface area (Å²) in [5.41, 5.74) is 2.56. The number of ether oxygens (including phenoxy) is 1. The number of anilines is 2. The van der Waals surface area contributed by atoms with Crippen LogP contribution in [0.1, 0.15) is 20.8 Å². The van der Waals surface area contributed by atoms with Gasteiger partial charge in [0.05, 0.1) is 17.7 Å². The maximum Gasteiger partial charge on any atom is 0.245 e. The van der Waals surface area contributed by atoms with E-state index in [2.05, 4.69) is 10.0 Å². The van der Waals surface area contributed by atoms with E-state index in [0.717, 1.165) is 22.8 Å². The van der Waals surface area contributed by atoms with Crippen molar-refractivity contribution in [3.63, 3.8) is 0 Å². The molecule has 1 atom stereocenters. The highest BCUT2D eigenvalue weighted by Crippen LogP contribution is 2.60. The van der Waals surface area contributed by atoms with Crippen molar-refractivity contribution in [2.24, 2.45) is 5.10 Å². The molecule has 2 heterocycles. The lowest BCUT2D eigenvalue weighted by Gasteiger charge is -2.41. The van der Waals surface area contributed by atoms with E-state index in [-0.39, 0.29) is 11.6 Å². The number of thioether (sulfide) groups is 2. The van der Waals surface area contributed by atoms with Crippen LogP contribution >= 0.6 is 23.5 Å². The summed E-state index contributed by atoms with van der Waals surface area (Å²) >= 11 is 2.78. The molecule has 8 heteroatoms. The Morgan fingerprint density at radius 1 is 0.933 bits per heavy atom. The number of benzene rings is 2. The van der Waals surface area contributed by atoms with Crippen LogP contribution in [-0.4, -0.2) is 28.0 Å². The van der Waals surface area contributed by atoms with Crippen molar-refractivity contribution < 1.29 is 14.3 Å². The van der Waals surface area contributed by atoms with E-state index in [4.69, 9.17) is 4.74 Å². The van der Waals surface area contributed by atoms with Gasteiger partial charge in [-0.15, -0.1) is 0 Å². The van der Waals surface area contributed by atoms with E-state index in [1.165, 1.54) is 30.4 Å². The van der Waals surface area contributed by atoms with Crippen LogP contribution in [0.3, 0.4) is 0 Å². The fourth-order valence-electron chi connectivity index (χ4n) is 3.46. The van der Waals surface area contributed by atoms with Gasteiger partial charge in [-0.3, -0.25) is 9.59 Å². The van der Waals surface area contributed by atoms with Crippen molar-refractivity contribution in [3.8, 4) is 5.75 Å². The zero-order valence-electron chi connectivity index (χ0n) is 17.1. The molecule has 0 saturated heterocycles. The number of hydrazone groups is 1. The number of carbonyl (C=O) groups excluding carboxylic acids is 2. The lowest BCUT2D eigenvalue weighted by atomic mass is 10.2. The quantitative estimate of drug-likeness (QED) is 0.661. The Kier molecular flexibility index (Phi) is 5.38. The second-order valence-electron chi connectivity index (χ2n) is 6.87. The first-order valence-corrected chi connectivity index (χ1v) is 11.0. The lowest BCUT2D eigenvalue weighted by molar-refractivity contribution is -0.113. The van der Waals surface area contributed by atoms with E-state index < -0.39 is 4.33 Å². The van der Waals surface area contributed by atoms with Gasteiger partial charge in [0.25, 0.3) is 0 Å². The third kappa shape index (κ3) is 3.30. The van der Waals surface area contributed by atoms with Gasteiger partial charge >= 0.3 is 0 Å². The molecule has 0 unspecified atom stereocenters. The van der Waals surface area contributed by atoms with Crippen LogP contribution in [0.15, 0.2) is 70.3 Å². The number of methoxy groups -OCH3 is 1. The van der Waals surface area contributed by atoms with Gasteiger partial charge in [-0.05, 0) is 62.0 Å². The number of ketones is 2. The third-order valence-electron chi connectivity index (χ3n) is 4.82. The fourth-order valence-corrected chi connectivity index (χ4v) is 6.41. The SMILES string of the molecule is COc1ccc(N2N=C(C(C)=O)S[C@]23SC(C(C)=O)=C(C)N3c2ccccc2)cc1. The molecule has 0 saturated carbocycles. The van der Waals surface area contributed by atoms with Crippen LogP contribution in [0.5, 0.6) is 5.75 Å². The highest BCUT2D eigenvalue weighted by atomic mass is 32.2. The molecule has 0 fully saturated rings. The van der Waals surface area contributed by atoms with E-state index in [0.29, 0.717) is 9.95 Å². The molecule has 30 heavy (non-hydrogen) atoms. The van der Waals surface area contributed by atoms with Crippen molar-refractivity contribution >= 4 is 51.5 Å². The molecule has 1 spiro atoms. The molecule has 2 aromatic carbocycles. The Morgan fingerprint density at radius 2 is 1.60 bits per heavy atom. The Bertz CT molecular complexity index is 1070. The van der Waals surface area contributed by atoms with E-state index in [1.807, 2.05) is 66.5 Å². The molecule has 0 radical (unpaired) electrons. The Labute approximate surface area is 184 Å².